The predicted molar refractivity (Wildman–Crippen MR) is 88.2 cm³/mol. The molecule has 1 aliphatic rings. The largest absolute Gasteiger partial charge is 0.545 e. The summed E-state index contributed by atoms with van der Waals surface area (Å²) >= 11 is 0. The van der Waals surface area contributed by atoms with E-state index in [0.29, 0.717) is 18.9 Å². The highest BCUT2D eigenvalue weighted by atomic mass is 16.5. The Labute approximate surface area is 139 Å². The van der Waals surface area contributed by atoms with Crippen LogP contribution in [0.15, 0.2) is 48.5 Å². The Bertz CT molecular complexity index is 754. The van der Waals surface area contributed by atoms with Gasteiger partial charge < -0.3 is 24.9 Å². The zero-order chi connectivity index (χ0) is 16.9. The molecule has 0 bridgehead atoms. The van der Waals surface area contributed by atoms with E-state index in [2.05, 4.69) is 10.2 Å². The third-order valence-corrected chi connectivity index (χ3v) is 3.90. The number of carbonyl (C=O) groups is 2. The molecule has 2 aromatic carbocycles. The van der Waals surface area contributed by atoms with Crippen LogP contribution in [-0.4, -0.2) is 38.2 Å². The number of carboxylic acid groups (broad SMARTS) is 1. The Morgan fingerprint density at radius 1 is 0.958 bits per heavy atom. The Morgan fingerprint density at radius 3 is 2.29 bits per heavy atom. The summed E-state index contributed by atoms with van der Waals surface area (Å²) in [5.74, 6) is -1.85. The minimum absolute atomic E-state index is 0.0780. The SMILES string of the molecule is O=C([O-])c1ccccc1C(=O)Nc1ccccc1N1CCOCC1. The lowest BCUT2D eigenvalue weighted by atomic mass is 10.1. The van der Waals surface area contributed by atoms with Crippen molar-refractivity contribution in [2.45, 2.75) is 0 Å². The van der Waals surface area contributed by atoms with Gasteiger partial charge in [-0.1, -0.05) is 30.3 Å². The van der Waals surface area contributed by atoms with E-state index in [1.165, 1.54) is 12.1 Å². The van der Waals surface area contributed by atoms with E-state index >= 15 is 0 Å². The molecule has 0 atom stereocenters. The molecule has 0 aliphatic carbocycles. The Kier molecular flexibility index (Phi) is 4.77. The summed E-state index contributed by atoms with van der Waals surface area (Å²) in [5.41, 5.74) is 1.48. The first kappa shape index (κ1) is 16.0. The van der Waals surface area contributed by atoms with Gasteiger partial charge >= 0.3 is 0 Å². The topological polar surface area (TPSA) is 81.7 Å². The highest BCUT2D eigenvalue weighted by Crippen LogP contribution is 2.27. The van der Waals surface area contributed by atoms with E-state index in [9.17, 15) is 14.7 Å². The molecule has 6 heteroatoms. The van der Waals surface area contributed by atoms with Gasteiger partial charge in [-0.2, -0.15) is 0 Å². The van der Waals surface area contributed by atoms with Crippen LogP contribution in [0.25, 0.3) is 0 Å². The summed E-state index contributed by atoms with van der Waals surface area (Å²) in [7, 11) is 0. The lowest BCUT2D eigenvalue weighted by Crippen LogP contribution is -2.36. The molecule has 0 unspecified atom stereocenters. The van der Waals surface area contributed by atoms with Crippen LogP contribution in [0.1, 0.15) is 20.7 Å². The van der Waals surface area contributed by atoms with Crippen molar-refractivity contribution in [3.05, 3.63) is 59.7 Å². The molecule has 3 rings (SSSR count). The number of ether oxygens (including phenoxy) is 1. The van der Waals surface area contributed by atoms with Crippen LogP contribution in [-0.2, 0) is 4.74 Å². The fraction of sp³-hybridized carbons (Fsp3) is 0.222. The van der Waals surface area contributed by atoms with Crippen LogP contribution < -0.4 is 15.3 Å². The molecule has 124 valence electrons. The van der Waals surface area contributed by atoms with Crippen molar-refractivity contribution >= 4 is 23.3 Å². The lowest BCUT2D eigenvalue weighted by molar-refractivity contribution is -0.255. The highest BCUT2D eigenvalue weighted by molar-refractivity contribution is 6.11. The van der Waals surface area contributed by atoms with Crippen molar-refractivity contribution in [2.75, 3.05) is 36.5 Å². The van der Waals surface area contributed by atoms with Gasteiger partial charge in [0.1, 0.15) is 0 Å². The molecule has 1 saturated heterocycles. The fourth-order valence-corrected chi connectivity index (χ4v) is 2.71. The second kappa shape index (κ2) is 7.14. The molecule has 1 N–H and O–H groups in total. The number of nitrogens with one attached hydrogen (secondary N) is 1. The number of hydrogen-bond acceptors (Lipinski definition) is 5. The monoisotopic (exact) mass is 325 g/mol. The van der Waals surface area contributed by atoms with E-state index in [4.69, 9.17) is 4.74 Å². The Balaban J connectivity index is 1.86. The number of hydrogen-bond donors (Lipinski definition) is 1. The molecular weight excluding hydrogens is 308 g/mol. The van der Waals surface area contributed by atoms with Crippen LogP contribution >= 0.6 is 0 Å². The van der Waals surface area contributed by atoms with Gasteiger partial charge in [0.25, 0.3) is 5.91 Å². The molecule has 2 aromatic rings. The molecule has 24 heavy (non-hydrogen) atoms. The first-order valence-corrected chi connectivity index (χ1v) is 7.70. The number of carboxylic acids is 1. The van der Waals surface area contributed by atoms with E-state index in [-0.39, 0.29) is 11.1 Å². The van der Waals surface area contributed by atoms with Crippen molar-refractivity contribution in [3.8, 4) is 0 Å². The minimum Gasteiger partial charge on any atom is -0.545 e. The maximum Gasteiger partial charge on any atom is 0.256 e. The molecule has 1 fully saturated rings. The Hall–Kier alpha value is -2.86. The summed E-state index contributed by atoms with van der Waals surface area (Å²) in [4.78, 5) is 25.8. The van der Waals surface area contributed by atoms with Crippen molar-refractivity contribution in [1.29, 1.82) is 0 Å². The maximum atomic E-state index is 12.5. The van der Waals surface area contributed by atoms with Crippen molar-refractivity contribution in [3.63, 3.8) is 0 Å². The summed E-state index contributed by atoms with van der Waals surface area (Å²) in [6, 6.07) is 13.4. The normalized spacial score (nSPS) is 14.2. The first-order valence-electron chi connectivity index (χ1n) is 7.70. The first-order chi connectivity index (χ1) is 11.7. The summed E-state index contributed by atoms with van der Waals surface area (Å²) in [6.07, 6.45) is 0. The van der Waals surface area contributed by atoms with E-state index in [1.807, 2.05) is 18.2 Å². The number of morpholine rings is 1. The number of benzene rings is 2. The smallest absolute Gasteiger partial charge is 0.256 e. The van der Waals surface area contributed by atoms with Gasteiger partial charge in [-0.05, 0) is 18.2 Å². The molecule has 1 heterocycles. The van der Waals surface area contributed by atoms with Gasteiger partial charge in [-0.15, -0.1) is 0 Å². The predicted octanol–water partition coefficient (Wildman–Crippen LogP) is 1.14. The van der Waals surface area contributed by atoms with Crippen molar-refractivity contribution < 1.29 is 19.4 Å². The van der Waals surface area contributed by atoms with Gasteiger partial charge in [-0.25, -0.2) is 0 Å². The number of anilines is 2. The van der Waals surface area contributed by atoms with Crippen molar-refractivity contribution in [2.24, 2.45) is 0 Å². The lowest BCUT2D eigenvalue weighted by Gasteiger charge is -2.30. The molecule has 1 aliphatic heterocycles. The Morgan fingerprint density at radius 2 is 1.58 bits per heavy atom. The highest BCUT2D eigenvalue weighted by Gasteiger charge is 2.17. The third kappa shape index (κ3) is 3.38. The number of rotatable bonds is 4. The maximum absolute atomic E-state index is 12.5. The van der Waals surface area contributed by atoms with Crippen LogP contribution in [0.4, 0.5) is 11.4 Å². The molecule has 6 nitrogen and oxygen atoms in total. The number of nitrogens with zero attached hydrogens (tertiary/aromatic N) is 1. The van der Waals surface area contributed by atoms with Crippen LogP contribution in [0.2, 0.25) is 0 Å². The summed E-state index contributed by atoms with van der Waals surface area (Å²) < 4.78 is 5.35. The van der Waals surface area contributed by atoms with Crippen LogP contribution in [0.5, 0.6) is 0 Å². The number of aromatic carboxylic acids is 1. The average molecular weight is 325 g/mol. The molecular formula is C18H17N2O4-. The zero-order valence-electron chi connectivity index (χ0n) is 13.0. The van der Waals surface area contributed by atoms with Crippen LogP contribution in [0, 0.1) is 0 Å². The van der Waals surface area contributed by atoms with Gasteiger partial charge in [-0.3, -0.25) is 4.79 Å². The standard InChI is InChI=1S/C18H18N2O4/c21-17(13-5-1-2-6-14(13)18(22)23)19-15-7-3-4-8-16(15)20-9-11-24-12-10-20/h1-8H,9-12H2,(H,19,21)(H,22,23)/p-1. The second-order valence-corrected chi connectivity index (χ2v) is 5.40. The summed E-state index contributed by atoms with van der Waals surface area (Å²) in [6.45, 7) is 2.75. The third-order valence-electron chi connectivity index (χ3n) is 3.90. The van der Waals surface area contributed by atoms with Crippen molar-refractivity contribution in [1.82, 2.24) is 0 Å². The molecule has 0 spiro atoms. The van der Waals surface area contributed by atoms with E-state index in [0.717, 1.165) is 18.8 Å². The number of carbonyl (C=O) groups excluding carboxylic acids is 2. The molecule has 0 radical (unpaired) electrons. The molecule has 0 aromatic heterocycles. The average Bonchev–Trinajstić information content (AvgIpc) is 2.63. The summed E-state index contributed by atoms with van der Waals surface area (Å²) in [5, 5.41) is 14.0. The fourth-order valence-electron chi connectivity index (χ4n) is 2.71. The number of amides is 1. The van der Waals surface area contributed by atoms with Gasteiger partial charge in [0.2, 0.25) is 0 Å². The molecule has 1 amide bonds. The quantitative estimate of drug-likeness (QED) is 0.911. The molecule has 0 saturated carbocycles. The van der Waals surface area contributed by atoms with E-state index in [1.54, 1.807) is 18.2 Å². The van der Waals surface area contributed by atoms with Gasteiger partial charge in [0.15, 0.2) is 0 Å². The van der Waals surface area contributed by atoms with Gasteiger partial charge in [0.05, 0.1) is 30.6 Å². The number of para-hydroxylation sites is 2. The van der Waals surface area contributed by atoms with Crippen LogP contribution in [0.3, 0.4) is 0 Å². The minimum atomic E-state index is -1.37. The second-order valence-electron chi connectivity index (χ2n) is 5.40. The zero-order valence-corrected chi connectivity index (χ0v) is 13.0. The van der Waals surface area contributed by atoms with E-state index < -0.39 is 11.9 Å². The van der Waals surface area contributed by atoms with Gasteiger partial charge in [0, 0.05) is 24.2 Å².